The molecule has 9 nitrogen and oxygen atoms in total. The van der Waals surface area contributed by atoms with Crippen LogP contribution < -0.4 is 9.47 Å². The smallest absolute Gasteiger partial charge is 0.416 e. The van der Waals surface area contributed by atoms with E-state index >= 15 is 0 Å². The Kier molecular flexibility index (Phi) is 9.29. The molecule has 214 valence electrons. The average molecular weight is 559 g/mol. The van der Waals surface area contributed by atoms with Gasteiger partial charge in [-0.05, 0) is 81.8 Å². The number of esters is 1. The molecule has 0 radical (unpaired) electrons. The third-order valence-corrected chi connectivity index (χ3v) is 5.83. The van der Waals surface area contributed by atoms with E-state index in [0.29, 0.717) is 24.7 Å². The second kappa shape index (κ2) is 13.0. The van der Waals surface area contributed by atoms with Crippen molar-refractivity contribution in [3.8, 4) is 28.7 Å². The quantitative estimate of drug-likeness (QED) is 0.225. The third kappa shape index (κ3) is 8.86. The average Bonchev–Trinajstić information content (AvgIpc) is 3.29. The largest absolute Gasteiger partial charge is 0.508 e. The van der Waals surface area contributed by atoms with E-state index in [0.717, 1.165) is 22.6 Å². The lowest BCUT2D eigenvalue weighted by Gasteiger charge is -2.25. The summed E-state index contributed by atoms with van der Waals surface area (Å²) in [5, 5.41) is 9.50. The van der Waals surface area contributed by atoms with Crippen molar-refractivity contribution in [2.75, 3.05) is 13.2 Å². The van der Waals surface area contributed by atoms with Gasteiger partial charge in [-0.1, -0.05) is 30.3 Å². The molecule has 4 aromatic rings. The van der Waals surface area contributed by atoms with Gasteiger partial charge in [0, 0.05) is 18.5 Å². The molecule has 0 atom stereocenters. The van der Waals surface area contributed by atoms with Gasteiger partial charge in [0.15, 0.2) is 0 Å². The second-order valence-corrected chi connectivity index (χ2v) is 10.4. The number of carbonyl (C=O) groups is 2. The molecule has 0 fully saturated rings. The third-order valence-electron chi connectivity index (χ3n) is 5.83. The maximum absolute atomic E-state index is 13.0. The zero-order chi connectivity index (χ0) is 29.4. The number of nitrogens with zero attached hydrogens (tertiary/aromatic N) is 2. The Morgan fingerprint density at radius 3 is 2.39 bits per heavy atom. The highest BCUT2D eigenvalue weighted by molar-refractivity contribution is 5.79. The van der Waals surface area contributed by atoms with Crippen LogP contribution in [0, 0.1) is 6.92 Å². The van der Waals surface area contributed by atoms with E-state index in [9.17, 15) is 14.7 Å². The lowest BCUT2D eigenvalue weighted by Crippen LogP contribution is -2.39. The van der Waals surface area contributed by atoms with Crippen LogP contribution in [-0.2, 0) is 22.5 Å². The summed E-state index contributed by atoms with van der Waals surface area (Å²) in [6.07, 6.45) is -0.181. The molecule has 0 aliphatic heterocycles. The summed E-state index contributed by atoms with van der Waals surface area (Å²) in [5.41, 5.74) is 1.76. The molecule has 1 amide bonds. The molecule has 0 aliphatic rings. The number of phenolic OH excluding ortho intramolecular Hbond substituents is 1. The van der Waals surface area contributed by atoms with Crippen LogP contribution in [0.5, 0.6) is 17.2 Å². The fourth-order valence-electron chi connectivity index (χ4n) is 3.98. The molecule has 3 aromatic carbocycles. The summed E-state index contributed by atoms with van der Waals surface area (Å²) >= 11 is 0. The Hall–Kier alpha value is -4.79. The molecule has 41 heavy (non-hydrogen) atoms. The van der Waals surface area contributed by atoms with Crippen LogP contribution >= 0.6 is 0 Å². The van der Waals surface area contributed by atoms with Gasteiger partial charge in [0.05, 0.1) is 12.3 Å². The van der Waals surface area contributed by atoms with Crippen molar-refractivity contribution in [1.29, 1.82) is 0 Å². The number of benzene rings is 3. The molecular formula is C32H34N2O7. The van der Waals surface area contributed by atoms with Crippen molar-refractivity contribution in [1.82, 2.24) is 9.88 Å². The molecule has 9 heteroatoms. The van der Waals surface area contributed by atoms with Crippen LogP contribution in [0.15, 0.2) is 83.3 Å². The van der Waals surface area contributed by atoms with Gasteiger partial charge in [-0.2, -0.15) is 0 Å². The molecule has 1 heterocycles. The predicted molar refractivity (Wildman–Crippen MR) is 153 cm³/mol. The fraction of sp³-hybridized carbons (Fsp3) is 0.281. The van der Waals surface area contributed by atoms with E-state index in [4.69, 9.17) is 18.6 Å². The fourth-order valence-corrected chi connectivity index (χ4v) is 3.98. The molecule has 1 aromatic heterocycles. The van der Waals surface area contributed by atoms with E-state index < -0.39 is 17.7 Å². The molecule has 0 spiro atoms. The number of oxazole rings is 1. The molecule has 0 aliphatic carbocycles. The maximum atomic E-state index is 13.0. The zero-order valence-electron chi connectivity index (χ0n) is 23.6. The summed E-state index contributed by atoms with van der Waals surface area (Å²) in [6.45, 7) is 7.29. The number of rotatable bonds is 10. The van der Waals surface area contributed by atoms with Crippen molar-refractivity contribution >= 4 is 12.1 Å². The summed E-state index contributed by atoms with van der Waals surface area (Å²) in [4.78, 5) is 31.5. The van der Waals surface area contributed by atoms with E-state index in [1.807, 2.05) is 55.5 Å². The topological polar surface area (TPSA) is 111 Å². The SMILES string of the molecule is Cc1oc(-c2ccccc2)nc1CCOc1cccc(CN(CC(=O)OC(C)(C)C)C(=O)Oc2ccc(O)cc2)c1. The number of phenols is 1. The Morgan fingerprint density at radius 2 is 1.68 bits per heavy atom. The number of amides is 1. The summed E-state index contributed by atoms with van der Waals surface area (Å²) in [5.74, 6) is 1.64. The van der Waals surface area contributed by atoms with Crippen molar-refractivity contribution in [2.24, 2.45) is 0 Å². The number of carbonyl (C=O) groups excluding carboxylic acids is 2. The Bertz CT molecular complexity index is 1460. The first-order valence-electron chi connectivity index (χ1n) is 13.3. The first kappa shape index (κ1) is 29.2. The van der Waals surface area contributed by atoms with Crippen molar-refractivity contribution in [3.05, 3.63) is 95.9 Å². The minimum atomic E-state index is -0.733. The summed E-state index contributed by atoms with van der Waals surface area (Å²) in [7, 11) is 0. The van der Waals surface area contributed by atoms with Crippen molar-refractivity contribution in [2.45, 2.75) is 46.3 Å². The molecule has 0 unspecified atom stereocenters. The summed E-state index contributed by atoms with van der Waals surface area (Å²) < 4.78 is 22.7. The molecule has 1 N–H and O–H groups in total. The maximum Gasteiger partial charge on any atom is 0.416 e. The first-order valence-corrected chi connectivity index (χ1v) is 13.3. The van der Waals surface area contributed by atoms with Gasteiger partial charge in [0.1, 0.15) is 35.2 Å². The van der Waals surface area contributed by atoms with Gasteiger partial charge < -0.3 is 23.7 Å². The van der Waals surface area contributed by atoms with Crippen LogP contribution in [0.3, 0.4) is 0 Å². The molecule has 0 bridgehead atoms. The highest BCUT2D eigenvalue weighted by atomic mass is 16.6. The molecule has 0 saturated heterocycles. The molecule has 0 saturated carbocycles. The Labute approximate surface area is 239 Å². The van der Waals surface area contributed by atoms with Crippen LogP contribution in [0.25, 0.3) is 11.5 Å². The van der Waals surface area contributed by atoms with Gasteiger partial charge in [-0.3, -0.25) is 9.69 Å². The highest BCUT2D eigenvalue weighted by Gasteiger charge is 2.24. The van der Waals surface area contributed by atoms with Gasteiger partial charge in [0.2, 0.25) is 5.89 Å². The van der Waals surface area contributed by atoms with E-state index in [1.165, 1.54) is 29.2 Å². The van der Waals surface area contributed by atoms with Crippen LogP contribution in [0.1, 0.15) is 37.8 Å². The number of aromatic hydroxyl groups is 1. The zero-order valence-corrected chi connectivity index (χ0v) is 23.6. The van der Waals surface area contributed by atoms with E-state index in [-0.39, 0.29) is 24.6 Å². The number of aryl methyl sites for hydroxylation is 1. The van der Waals surface area contributed by atoms with Crippen LogP contribution in [0.2, 0.25) is 0 Å². The first-order chi connectivity index (χ1) is 19.6. The van der Waals surface area contributed by atoms with Gasteiger partial charge in [-0.25, -0.2) is 9.78 Å². The summed E-state index contributed by atoms with van der Waals surface area (Å²) in [6, 6.07) is 22.7. The van der Waals surface area contributed by atoms with Gasteiger partial charge in [0.25, 0.3) is 0 Å². The number of aromatic nitrogens is 1. The molecular weight excluding hydrogens is 524 g/mol. The lowest BCUT2D eigenvalue weighted by molar-refractivity contribution is -0.155. The van der Waals surface area contributed by atoms with Crippen molar-refractivity contribution in [3.63, 3.8) is 0 Å². The Morgan fingerprint density at radius 1 is 0.951 bits per heavy atom. The second-order valence-electron chi connectivity index (χ2n) is 10.4. The van der Waals surface area contributed by atoms with E-state index in [1.54, 1.807) is 26.8 Å². The number of ether oxygens (including phenoxy) is 3. The minimum absolute atomic E-state index is 0.0440. The van der Waals surface area contributed by atoms with Crippen LogP contribution in [0.4, 0.5) is 4.79 Å². The van der Waals surface area contributed by atoms with Gasteiger partial charge >= 0.3 is 12.1 Å². The molecule has 4 rings (SSSR count). The van der Waals surface area contributed by atoms with Gasteiger partial charge in [-0.15, -0.1) is 0 Å². The van der Waals surface area contributed by atoms with Crippen LogP contribution in [-0.4, -0.2) is 45.8 Å². The van der Waals surface area contributed by atoms with E-state index in [2.05, 4.69) is 4.98 Å². The number of hydrogen-bond donors (Lipinski definition) is 1. The number of hydrogen-bond acceptors (Lipinski definition) is 8. The highest BCUT2D eigenvalue weighted by Crippen LogP contribution is 2.23. The monoisotopic (exact) mass is 558 g/mol. The van der Waals surface area contributed by atoms with Crippen molar-refractivity contribution < 1.29 is 33.3 Å². The standard InChI is InChI=1S/C32H34N2O7/c1-22-28(33-30(39-22)24-10-6-5-7-11-24)17-18-38-27-12-8-9-23(19-27)20-34(21-29(36)41-32(2,3)4)31(37)40-26-15-13-25(35)14-16-26/h5-16,19,35H,17-18,20-21H2,1-4H3. The predicted octanol–water partition coefficient (Wildman–Crippen LogP) is 6.32. The normalized spacial score (nSPS) is 11.1. The minimum Gasteiger partial charge on any atom is -0.508 e. The Balaban J connectivity index is 1.41. The lowest BCUT2D eigenvalue weighted by atomic mass is 10.2.